The minimum Gasteiger partial charge on any atom is -0.325 e. The number of benzene rings is 1. The number of rotatable bonds is 2. The number of aryl methyl sites for hydroxylation is 1. The van der Waals surface area contributed by atoms with Gasteiger partial charge in [0.2, 0.25) is 0 Å². The van der Waals surface area contributed by atoms with Gasteiger partial charge in [-0.25, -0.2) is 9.37 Å². The second kappa shape index (κ2) is 4.08. The van der Waals surface area contributed by atoms with E-state index in [2.05, 4.69) is 4.98 Å². The van der Waals surface area contributed by atoms with E-state index in [0.717, 1.165) is 21.8 Å². The highest BCUT2D eigenvalue weighted by molar-refractivity contribution is 7.13. The van der Waals surface area contributed by atoms with Gasteiger partial charge in [0.05, 0.1) is 5.69 Å². The van der Waals surface area contributed by atoms with Crippen LogP contribution in [0.5, 0.6) is 0 Å². The zero-order valence-corrected chi connectivity index (χ0v) is 9.14. The maximum atomic E-state index is 13.1. The summed E-state index contributed by atoms with van der Waals surface area (Å²) in [6.07, 6.45) is 0. The van der Waals surface area contributed by atoms with Crippen LogP contribution in [0.1, 0.15) is 11.3 Å². The fourth-order valence-electron chi connectivity index (χ4n) is 1.35. The van der Waals surface area contributed by atoms with Gasteiger partial charge in [0.25, 0.3) is 0 Å². The first-order chi connectivity index (χ1) is 7.20. The Bertz CT molecular complexity index is 479. The van der Waals surface area contributed by atoms with E-state index in [4.69, 9.17) is 5.73 Å². The van der Waals surface area contributed by atoms with Crippen molar-refractivity contribution in [2.75, 3.05) is 0 Å². The Morgan fingerprint density at radius 1 is 1.47 bits per heavy atom. The summed E-state index contributed by atoms with van der Waals surface area (Å²) in [6.45, 7) is 2.36. The molecule has 1 aromatic heterocycles. The molecule has 0 atom stereocenters. The summed E-state index contributed by atoms with van der Waals surface area (Å²) in [4.78, 5) is 4.33. The van der Waals surface area contributed by atoms with Crippen LogP contribution in [-0.4, -0.2) is 4.98 Å². The van der Waals surface area contributed by atoms with E-state index in [9.17, 15) is 4.39 Å². The maximum Gasteiger partial charge on any atom is 0.124 e. The monoisotopic (exact) mass is 222 g/mol. The highest BCUT2D eigenvalue weighted by Crippen LogP contribution is 2.27. The molecule has 0 aliphatic rings. The van der Waals surface area contributed by atoms with Crippen molar-refractivity contribution in [1.29, 1.82) is 0 Å². The molecule has 1 heterocycles. The third-order valence-electron chi connectivity index (χ3n) is 2.19. The standard InChI is InChI=1S/C11H11FN2S/c1-7-2-3-8(12)4-10(7)11-14-9(5-13)6-15-11/h2-4,6H,5,13H2,1H3. The smallest absolute Gasteiger partial charge is 0.124 e. The van der Waals surface area contributed by atoms with Crippen LogP contribution in [0.2, 0.25) is 0 Å². The van der Waals surface area contributed by atoms with Crippen LogP contribution in [0.4, 0.5) is 4.39 Å². The van der Waals surface area contributed by atoms with Crippen LogP contribution in [-0.2, 0) is 6.54 Å². The lowest BCUT2D eigenvalue weighted by Crippen LogP contribution is -1.96. The molecule has 15 heavy (non-hydrogen) atoms. The highest BCUT2D eigenvalue weighted by atomic mass is 32.1. The topological polar surface area (TPSA) is 38.9 Å². The second-order valence-corrected chi connectivity index (χ2v) is 4.17. The molecule has 0 fully saturated rings. The van der Waals surface area contributed by atoms with Gasteiger partial charge in [0.15, 0.2) is 0 Å². The third kappa shape index (κ3) is 2.06. The van der Waals surface area contributed by atoms with E-state index in [1.807, 2.05) is 12.3 Å². The van der Waals surface area contributed by atoms with Gasteiger partial charge in [0.1, 0.15) is 10.8 Å². The van der Waals surface area contributed by atoms with E-state index < -0.39 is 0 Å². The molecule has 2 aromatic rings. The van der Waals surface area contributed by atoms with Crippen LogP contribution in [0, 0.1) is 12.7 Å². The average Bonchev–Trinajstić information content (AvgIpc) is 2.70. The molecule has 2 N–H and O–H groups in total. The van der Waals surface area contributed by atoms with E-state index in [0.29, 0.717) is 6.54 Å². The van der Waals surface area contributed by atoms with Gasteiger partial charge in [-0.05, 0) is 24.6 Å². The van der Waals surface area contributed by atoms with Crippen LogP contribution in [0.3, 0.4) is 0 Å². The summed E-state index contributed by atoms with van der Waals surface area (Å²) < 4.78 is 13.1. The molecule has 0 saturated heterocycles. The van der Waals surface area contributed by atoms with E-state index in [1.165, 1.54) is 23.5 Å². The van der Waals surface area contributed by atoms with E-state index >= 15 is 0 Å². The largest absolute Gasteiger partial charge is 0.325 e. The minimum absolute atomic E-state index is 0.236. The fourth-order valence-corrected chi connectivity index (χ4v) is 2.26. The van der Waals surface area contributed by atoms with E-state index in [-0.39, 0.29) is 5.82 Å². The van der Waals surface area contributed by atoms with Gasteiger partial charge in [-0.15, -0.1) is 11.3 Å². The first kappa shape index (κ1) is 10.3. The Morgan fingerprint density at radius 2 is 2.27 bits per heavy atom. The fraction of sp³-hybridized carbons (Fsp3) is 0.182. The quantitative estimate of drug-likeness (QED) is 0.848. The number of halogens is 1. The van der Waals surface area contributed by atoms with Crippen molar-refractivity contribution in [2.45, 2.75) is 13.5 Å². The summed E-state index contributed by atoms with van der Waals surface area (Å²) in [5, 5.41) is 2.73. The van der Waals surface area contributed by atoms with Gasteiger partial charge in [0, 0.05) is 17.5 Å². The van der Waals surface area contributed by atoms with Crippen molar-refractivity contribution in [3.05, 3.63) is 40.7 Å². The molecule has 0 aliphatic carbocycles. The lowest BCUT2D eigenvalue weighted by Gasteiger charge is -2.01. The zero-order chi connectivity index (χ0) is 10.8. The van der Waals surface area contributed by atoms with Crippen molar-refractivity contribution in [2.24, 2.45) is 5.73 Å². The normalized spacial score (nSPS) is 10.6. The number of hydrogen-bond donors (Lipinski definition) is 1. The number of hydrogen-bond acceptors (Lipinski definition) is 3. The van der Waals surface area contributed by atoms with Gasteiger partial charge in [-0.2, -0.15) is 0 Å². The Hall–Kier alpha value is -1.26. The van der Waals surface area contributed by atoms with Gasteiger partial charge in [-0.1, -0.05) is 6.07 Å². The molecule has 0 radical (unpaired) electrons. The average molecular weight is 222 g/mol. The molecule has 0 saturated carbocycles. The van der Waals surface area contributed by atoms with E-state index in [1.54, 1.807) is 6.07 Å². The maximum absolute atomic E-state index is 13.1. The Labute approximate surface area is 91.6 Å². The summed E-state index contributed by atoms with van der Waals surface area (Å²) in [5.41, 5.74) is 8.19. The molecule has 2 rings (SSSR count). The van der Waals surface area contributed by atoms with Crippen LogP contribution in [0.15, 0.2) is 23.6 Å². The Morgan fingerprint density at radius 3 is 2.93 bits per heavy atom. The predicted molar refractivity (Wildman–Crippen MR) is 60.1 cm³/mol. The molecule has 0 amide bonds. The van der Waals surface area contributed by atoms with Crippen molar-refractivity contribution < 1.29 is 4.39 Å². The molecule has 2 nitrogen and oxygen atoms in total. The lowest BCUT2D eigenvalue weighted by molar-refractivity contribution is 0.628. The number of nitrogens with two attached hydrogens (primary N) is 1. The molecule has 78 valence electrons. The molecular formula is C11H11FN2S. The minimum atomic E-state index is -0.236. The molecule has 0 unspecified atom stereocenters. The molecule has 0 spiro atoms. The Kier molecular flexibility index (Phi) is 2.79. The van der Waals surface area contributed by atoms with Crippen molar-refractivity contribution in [3.8, 4) is 10.6 Å². The first-order valence-electron chi connectivity index (χ1n) is 4.61. The summed E-state index contributed by atoms with van der Waals surface area (Å²) >= 11 is 1.49. The summed E-state index contributed by atoms with van der Waals surface area (Å²) in [5.74, 6) is -0.236. The lowest BCUT2D eigenvalue weighted by atomic mass is 10.1. The SMILES string of the molecule is Cc1ccc(F)cc1-c1nc(CN)cs1. The molecule has 1 aromatic carbocycles. The first-order valence-corrected chi connectivity index (χ1v) is 5.49. The van der Waals surface area contributed by atoms with Crippen LogP contribution < -0.4 is 5.73 Å². The van der Waals surface area contributed by atoms with Crippen molar-refractivity contribution in [1.82, 2.24) is 4.98 Å². The summed E-state index contributed by atoms with van der Waals surface area (Å²) in [7, 11) is 0. The van der Waals surface area contributed by atoms with Crippen LogP contribution >= 0.6 is 11.3 Å². The molecular weight excluding hydrogens is 211 g/mol. The summed E-state index contributed by atoms with van der Waals surface area (Å²) in [6, 6.07) is 4.72. The van der Waals surface area contributed by atoms with Crippen molar-refractivity contribution >= 4 is 11.3 Å². The van der Waals surface area contributed by atoms with Gasteiger partial charge >= 0.3 is 0 Å². The highest BCUT2D eigenvalue weighted by Gasteiger charge is 2.07. The number of nitrogens with zero attached hydrogens (tertiary/aromatic N) is 1. The zero-order valence-electron chi connectivity index (χ0n) is 8.33. The molecule has 0 bridgehead atoms. The number of thiazole rings is 1. The third-order valence-corrected chi connectivity index (χ3v) is 3.12. The predicted octanol–water partition coefficient (Wildman–Crippen LogP) is 2.72. The van der Waals surface area contributed by atoms with Crippen molar-refractivity contribution in [3.63, 3.8) is 0 Å². The second-order valence-electron chi connectivity index (χ2n) is 3.31. The van der Waals surface area contributed by atoms with Gasteiger partial charge in [-0.3, -0.25) is 0 Å². The number of aromatic nitrogens is 1. The molecule has 0 aliphatic heterocycles. The van der Waals surface area contributed by atoms with Gasteiger partial charge < -0.3 is 5.73 Å². The van der Waals surface area contributed by atoms with Crippen LogP contribution in [0.25, 0.3) is 10.6 Å². The Balaban J connectivity index is 2.48. The molecule has 4 heteroatoms.